The van der Waals surface area contributed by atoms with Crippen LogP contribution in [0.2, 0.25) is 25.7 Å². The molecule has 0 unspecified atom stereocenters. The summed E-state index contributed by atoms with van der Waals surface area (Å²) in [7, 11) is -1.19. The Morgan fingerprint density at radius 3 is 2.65 bits per heavy atom. The summed E-state index contributed by atoms with van der Waals surface area (Å²) in [4.78, 5) is 25.0. The van der Waals surface area contributed by atoms with Gasteiger partial charge in [-0.1, -0.05) is 50.0 Å². The number of hydrogen-bond acceptors (Lipinski definition) is 5. The maximum Gasteiger partial charge on any atom is 0.333 e. The molecule has 1 aliphatic heterocycles. The third-order valence-electron chi connectivity index (χ3n) is 5.12. The molecule has 0 aliphatic carbocycles. The maximum absolute atomic E-state index is 12.6. The van der Waals surface area contributed by atoms with Crippen LogP contribution in [0.15, 0.2) is 30.3 Å². The Labute approximate surface area is 186 Å². The highest BCUT2D eigenvalue weighted by Crippen LogP contribution is 2.14. The van der Waals surface area contributed by atoms with Gasteiger partial charge in [-0.05, 0) is 30.9 Å². The summed E-state index contributed by atoms with van der Waals surface area (Å²) in [6.07, 6.45) is 1.53. The van der Waals surface area contributed by atoms with Crippen molar-refractivity contribution in [2.24, 2.45) is 0 Å². The SMILES string of the molecule is C[Si](C)(C)CCOCO[C@@H]1CN(C(=O)CCCCO)NC(=O)N[C@@H]1Cc1ccccc1. The van der Waals surface area contributed by atoms with Crippen molar-refractivity contribution in [2.75, 3.05) is 26.6 Å². The van der Waals surface area contributed by atoms with Crippen molar-refractivity contribution in [2.45, 2.75) is 63.5 Å². The fourth-order valence-corrected chi connectivity index (χ4v) is 4.01. The van der Waals surface area contributed by atoms with Crippen LogP contribution in [0.25, 0.3) is 0 Å². The molecule has 1 aromatic carbocycles. The molecule has 1 heterocycles. The van der Waals surface area contributed by atoms with E-state index in [1.54, 1.807) is 0 Å². The van der Waals surface area contributed by atoms with Crippen molar-refractivity contribution in [1.82, 2.24) is 15.8 Å². The minimum absolute atomic E-state index is 0.0425. The van der Waals surface area contributed by atoms with Gasteiger partial charge in [-0.15, -0.1) is 0 Å². The Balaban J connectivity index is 2.03. The molecule has 3 amide bonds. The molecule has 8 nitrogen and oxygen atoms in total. The van der Waals surface area contributed by atoms with Crippen LogP contribution in [0, 0.1) is 0 Å². The number of nitrogens with zero attached hydrogens (tertiary/aromatic N) is 1. The monoisotopic (exact) mass is 451 g/mol. The summed E-state index contributed by atoms with van der Waals surface area (Å²) in [5, 5.41) is 13.2. The lowest BCUT2D eigenvalue weighted by molar-refractivity contribution is -0.139. The van der Waals surface area contributed by atoms with Crippen LogP contribution in [-0.4, -0.2) is 68.8 Å². The lowest BCUT2D eigenvalue weighted by atomic mass is 10.0. The summed E-state index contributed by atoms with van der Waals surface area (Å²) in [6, 6.07) is 10.2. The van der Waals surface area contributed by atoms with Gasteiger partial charge in [0.05, 0.1) is 12.6 Å². The van der Waals surface area contributed by atoms with E-state index in [1.165, 1.54) is 5.01 Å². The highest BCUT2D eigenvalue weighted by atomic mass is 28.3. The van der Waals surface area contributed by atoms with Gasteiger partial charge in [-0.3, -0.25) is 4.79 Å². The van der Waals surface area contributed by atoms with E-state index in [0.29, 0.717) is 25.9 Å². The topological polar surface area (TPSA) is 100 Å². The molecular weight excluding hydrogens is 414 g/mol. The molecule has 2 atom stereocenters. The molecule has 2 rings (SSSR count). The summed E-state index contributed by atoms with van der Waals surface area (Å²) < 4.78 is 11.7. The number of carbonyl (C=O) groups excluding carboxylic acids is 2. The van der Waals surface area contributed by atoms with E-state index in [0.717, 1.165) is 11.6 Å². The van der Waals surface area contributed by atoms with E-state index in [9.17, 15) is 9.59 Å². The number of carbonyl (C=O) groups is 2. The molecule has 0 saturated carbocycles. The van der Waals surface area contributed by atoms with E-state index in [2.05, 4.69) is 30.4 Å². The first kappa shape index (κ1) is 25.3. The van der Waals surface area contributed by atoms with Crippen LogP contribution in [0.4, 0.5) is 4.79 Å². The maximum atomic E-state index is 12.6. The molecule has 1 aromatic rings. The molecule has 174 valence electrons. The molecule has 0 aromatic heterocycles. The Bertz CT molecular complexity index is 683. The van der Waals surface area contributed by atoms with Gasteiger partial charge in [-0.2, -0.15) is 0 Å². The standard InChI is InChI=1S/C22H37N3O5Si/c1-31(2,3)14-13-29-17-30-20-16-25(21(27)11-7-8-12-26)24-22(28)23-19(20)15-18-9-5-4-6-10-18/h4-6,9-10,19-20,26H,7-8,11-17H2,1-3H3,(H2,23,24,28)/t19-,20-/m1/s1. The number of nitrogens with one attached hydrogen (secondary N) is 2. The predicted octanol–water partition coefficient (Wildman–Crippen LogP) is 2.51. The number of hydrogen-bond donors (Lipinski definition) is 3. The van der Waals surface area contributed by atoms with Crippen molar-refractivity contribution >= 4 is 20.0 Å². The Hall–Kier alpha value is -1.94. The Morgan fingerprint density at radius 1 is 1.23 bits per heavy atom. The first-order valence-electron chi connectivity index (χ1n) is 11.0. The zero-order valence-electron chi connectivity index (χ0n) is 18.9. The largest absolute Gasteiger partial charge is 0.396 e. The minimum atomic E-state index is -1.19. The van der Waals surface area contributed by atoms with E-state index in [4.69, 9.17) is 14.6 Å². The number of hydrazine groups is 1. The first-order chi connectivity index (χ1) is 14.8. The molecule has 3 N–H and O–H groups in total. The molecule has 0 spiro atoms. The van der Waals surface area contributed by atoms with E-state index < -0.39 is 20.2 Å². The van der Waals surface area contributed by atoms with Gasteiger partial charge in [-0.25, -0.2) is 15.2 Å². The smallest absolute Gasteiger partial charge is 0.333 e. The average molecular weight is 452 g/mol. The summed E-state index contributed by atoms with van der Waals surface area (Å²) >= 11 is 0. The van der Waals surface area contributed by atoms with Gasteiger partial charge in [0.15, 0.2) is 0 Å². The van der Waals surface area contributed by atoms with Gasteiger partial charge < -0.3 is 19.9 Å². The lowest BCUT2D eigenvalue weighted by Gasteiger charge is -2.27. The second-order valence-corrected chi connectivity index (χ2v) is 14.7. The van der Waals surface area contributed by atoms with E-state index >= 15 is 0 Å². The second kappa shape index (κ2) is 12.8. The van der Waals surface area contributed by atoms with Crippen molar-refractivity contribution in [3.63, 3.8) is 0 Å². The Morgan fingerprint density at radius 2 is 1.97 bits per heavy atom. The number of aliphatic hydroxyl groups is 1. The molecule has 1 aliphatic rings. The normalized spacial score (nSPS) is 19.5. The van der Waals surface area contributed by atoms with Crippen LogP contribution in [0.3, 0.4) is 0 Å². The third kappa shape index (κ3) is 9.81. The van der Waals surface area contributed by atoms with Crippen LogP contribution in [-0.2, 0) is 20.7 Å². The van der Waals surface area contributed by atoms with Crippen LogP contribution in [0.1, 0.15) is 24.8 Å². The van der Waals surface area contributed by atoms with E-state index in [-0.39, 0.29) is 38.3 Å². The van der Waals surface area contributed by atoms with Gasteiger partial charge in [0.25, 0.3) is 0 Å². The molecule has 9 heteroatoms. The molecular formula is C22H37N3O5Si. The highest BCUT2D eigenvalue weighted by Gasteiger charge is 2.33. The average Bonchev–Trinajstić information content (AvgIpc) is 2.86. The number of unbranched alkanes of at least 4 members (excludes halogenated alkanes) is 1. The zero-order valence-corrected chi connectivity index (χ0v) is 19.9. The first-order valence-corrected chi connectivity index (χ1v) is 14.7. The Kier molecular flexibility index (Phi) is 10.5. The summed E-state index contributed by atoms with van der Waals surface area (Å²) in [5.74, 6) is -0.197. The third-order valence-corrected chi connectivity index (χ3v) is 6.83. The highest BCUT2D eigenvalue weighted by molar-refractivity contribution is 6.76. The number of amides is 3. The number of benzene rings is 1. The van der Waals surface area contributed by atoms with Crippen molar-refractivity contribution in [1.29, 1.82) is 0 Å². The fraction of sp³-hybridized carbons (Fsp3) is 0.636. The zero-order chi connectivity index (χ0) is 22.7. The lowest BCUT2D eigenvalue weighted by Crippen LogP contribution is -2.48. The van der Waals surface area contributed by atoms with Crippen LogP contribution < -0.4 is 10.7 Å². The minimum Gasteiger partial charge on any atom is -0.396 e. The van der Waals surface area contributed by atoms with Gasteiger partial charge in [0.1, 0.15) is 12.9 Å². The number of urea groups is 1. The second-order valence-electron chi connectivity index (χ2n) is 9.11. The number of ether oxygens (including phenoxy) is 2. The van der Waals surface area contributed by atoms with Gasteiger partial charge in [0.2, 0.25) is 5.91 Å². The number of aliphatic hydroxyl groups excluding tert-OH is 1. The van der Waals surface area contributed by atoms with Crippen molar-refractivity contribution < 1.29 is 24.2 Å². The fourth-order valence-electron chi connectivity index (χ4n) is 3.25. The summed E-state index contributed by atoms with van der Waals surface area (Å²) in [6.45, 7) is 7.90. The molecule has 1 fully saturated rings. The predicted molar refractivity (Wildman–Crippen MR) is 122 cm³/mol. The van der Waals surface area contributed by atoms with Gasteiger partial charge in [0, 0.05) is 27.7 Å². The molecule has 1 saturated heterocycles. The van der Waals surface area contributed by atoms with Crippen LogP contribution in [0.5, 0.6) is 0 Å². The molecule has 31 heavy (non-hydrogen) atoms. The van der Waals surface area contributed by atoms with Crippen molar-refractivity contribution in [3.05, 3.63) is 35.9 Å². The van der Waals surface area contributed by atoms with Crippen molar-refractivity contribution in [3.8, 4) is 0 Å². The molecule has 0 bridgehead atoms. The van der Waals surface area contributed by atoms with Gasteiger partial charge >= 0.3 is 6.03 Å². The molecule has 0 radical (unpaired) electrons. The number of rotatable bonds is 12. The quantitative estimate of drug-likeness (QED) is 0.258. The summed E-state index contributed by atoms with van der Waals surface area (Å²) in [5.41, 5.74) is 3.70. The van der Waals surface area contributed by atoms with Crippen LogP contribution >= 0.6 is 0 Å². The van der Waals surface area contributed by atoms with E-state index in [1.807, 2.05) is 30.3 Å².